The monoisotopic (exact) mass is 249 g/mol. The van der Waals surface area contributed by atoms with E-state index in [1.807, 2.05) is 12.1 Å². The Morgan fingerprint density at radius 1 is 1.00 bits per heavy atom. The van der Waals surface area contributed by atoms with Crippen LogP contribution >= 0.6 is 0 Å². The van der Waals surface area contributed by atoms with Crippen molar-refractivity contribution in [3.63, 3.8) is 0 Å². The second-order valence-corrected chi connectivity index (χ2v) is 4.91. The molecule has 0 spiro atoms. The predicted molar refractivity (Wildman–Crippen MR) is 77.3 cm³/mol. The molecule has 19 heavy (non-hydrogen) atoms. The minimum atomic E-state index is 0.913. The lowest BCUT2D eigenvalue weighted by Gasteiger charge is -2.16. The third-order valence-corrected chi connectivity index (χ3v) is 3.60. The van der Waals surface area contributed by atoms with Gasteiger partial charge < -0.3 is 4.74 Å². The lowest BCUT2D eigenvalue weighted by molar-refractivity contribution is 0.414. The van der Waals surface area contributed by atoms with E-state index in [4.69, 9.17) is 4.74 Å². The number of hydrogen-bond acceptors (Lipinski definition) is 1. The summed E-state index contributed by atoms with van der Waals surface area (Å²) >= 11 is 0. The van der Waals surface area contributed by atoms with Gasteiger partial charge in [-0.2, -0.15) is 0 Å². The maximum atomic E-state index is 5.18. The maximum Gasteiger partial charge on any atom is 0.118 e. The van der Waals surface area contributed by atoms with Gasteiger partial charge in [0.25, 0.3) is 0 Å². The van der Waals surface area contributed by atoms with E-state index in [1.165, 1.54) is 22.3 Å². The second kappa shape index (κ2) is 5.31. The van der Waals surface area contributed by atoms with Crippen molar-refractivity contribution in [2.75, 3.05) is 7.11 Å². The molecule has 0 amide bonds. The first-order valence-corrected chi connectivity index (χ1v) is 6.68. The van der Waals surface area contributed by atoms with Crippen LogP contribution in [0.15, 0.2) is 54.1 Å². The van der Waals surface area contributed by atoms with Gasteiger partial charge in [0.15, 0.2) is 0 Å². The molecule has 3 rings (SSSR count). The van der Waals surface area contributed by atoms with Crippen LogP contribution in [0.2, 0.25) is 0 Å². The molecule has 1 radical (unpaired) electrons. The van der Waals surface area contributed by atoms with Crippen molar-refractivity contribution in [1.82, 2.24) is 0 Å². The zero-order valence-corrected chi connectivity index (χ0v) is 11.1. The van der Waals surface area contributed by atoms with E-state index in [2.05, 4.69) is 42.5 Å². The highest BCUT2D eigenvalue weighted by molar-refractivity contribution is 5.39. The fourth-order valence-corrected chi connectivity index (χ4v) is 2.52. The maximum absolute atomic E-state index is 5.18. The summed E-state index contributed by atoms with van der Waals surface area (Å²) < 4.78 is 5.18. The summed E-state index contributed by atoms with van der Waals surface area (Å²) in [6, 6.07) is 16.9. The molecule has 0 aliphatic heterocycles. The molecule has 0 atom stereocenters. The minimum Gasteiger partial charge on any atom is -0.497 e. The summed E-state index contributed by atoms with van der Waals surface area (Å²) in [5.41, 5.74) is 5.39. The van der Waals surface area contributed by atoms with Crippen molar-refractivity contribution in [2.24, 2.45) is 0 Å². The Balaban J connectivity index is 1.79. The van der Waals surface area contributed by atoms with Crippen LogP contribution in [0.1, 0.15) is 23.1 Å². The summed E-state index contributed by atoms with van der Waals surface area (Å²) in [6.45, 7) is 0. The van der Waals surface area contributed by atoms with Crippen LogP contribution in [-0.2, 0) is 12.8 Å². The van der Waals surface area contributed by atoms with Crippen molar-refractivity contribution in [2.45, 2.75) is 19.3 Å². The van der Waals surface area contributed by atoms with Gasteiger partial charge in [0.1, 0.15) is 5.75 Å². The molecule has 0 aromatic heterocycles. The zero-order chi connectivity index (χ0) is 13.1. The lowest BCUT2D eigenvalue weighted by atomic mass is 9.89. The van der Waals surface area contributed by atoms with E-state index < -0.39 is 0 Å². The summed E-state index contributed by atoms with van der Waals surface area (Å²) in [7, 11) is 1.70. The van der Waals surface area contributed by atoms with Gasteiger partial charge in [0.05, 0.1) is 7.11 Å². The molecule has 1 aliphatic rings. The van der Waals surface area contributed by atoms with Gasteiger partial charge in [-0.25, -0.2) is 0 Å². The normalized spacial score (nSPS) is 13.6. The van der Waals surface area contributed by atoms with Crippen molar-refractivity contribution < 1.29 is 4.74 Å². The van der Waals surface area contributed by atoms with Gasteiger partial charge in [-0.1, -0.05) is 42.0 Å². The number of rotatable bonds is 3. The van der Waals surface area contributed by atoms with Crippen LogP contribution in [-0.4, -0.2) is 7.11 Å². The van der Waals surface area contributed by atoms with E-state index in [0.29, 0.717) is 0 Å². The highest BCUT2D eigenvalue weighted by Gasteiger charge is 2.10. The third kappa shape index (κ3) is 2.70. The molecule has 95 valence electrons. The van der Waals surface area contributed by atoms with E-state index in [1.54, 1.807) is 7.11 Å². The number of aryl methyl sites for hydroxylation is 1. The number of ether oxygens (including phenoxy) is 1. The molecule has 0 N–H and O–H groups in total. The molecule has 2 aromatic rings. The average Bonchev–Trinajstić information content (AvgIpc) is 2.48. The average molecular weight is 249 g/mol. The number of allylic oxidation sites excluding steroid dienone is 1. The number of benzene rings is 2. The summed E-state index contributed by atoms with van der Waals surface area (Å²) in [5, 5.41) is 0. The van der Waals surface area contributed by atoms with E-state index in [9.17, 15) is 0 Å². The van der Waals surface area contributed by atoms with Gasteiger partial charge in [-0.3, -0.25) is 0 Å². The van der Waals surface area contributed by atoms with Crippen LogP contribution < -0.4 is 4.74 Å². The van der Waals surface area contributed by atoms with E-state index >= 15 is 0 Å². The van der Waals surface area contributed by atoms with Crippen LogP contribution in [0.3, 0.4) is 0 Å². The van der Waals surface area contributed by atoms with Crippen molar-refractivity contribution in [1.29, 1.82) is 0 Å². The minimum absolute atomic E-state index is 0.913. The van der Waals surface area contributed by atoms with Crippen LogP contribution in [0.4, 0.5) is 0 Å². The number of fused-ring (bicyclic) bond motifs is 1. The molecule has 1 aliphatic carbocycles. The zero-order valence-electron chi connectivity index (χ0n) is 11.1. The summed E-state index contributed by atoms with van der Waals surface area (Å²) in [6.07, 6.45) is 6.79. The molecule has 2 aromatic carbocycles. The van der Waals surface area contributed by atoms with E-state index in [-0.39, 0.29) is 0 Å². The predicted octanol–water partition coefficient (Wildman–Crippen LogP) is 3.96. The Hall–Kier alpha value is -2.02. The number of hydrogen-bond donors (Lipinski definition) is 0. The van der Waals surface area contributed by atoms with Crippen LogP contribution in [0, 0.1) is 6.08 Å². The van der Waals surface area contributed by atoms with Gasteiger partial charge in [0.2, 0.25) is 0 Å². The molecular weight excluding hydrogens is 232 g/mol. The van der Waals surface area contributed by atoms with Crippen molar-refractivity contribution in [3.05, 3.63) is 76.9 Å². The Morgan fingerprint density at radius 3 is 2.58 bits per heavy atom. The SMILES string of the molecule is COc1ccc(CC2=[C]c3ccccc3CC2)cc1. The topological polar surface area (TPSA) is 9.23 Å². The van der Waals surface area contributed by atoms with Gasteiger partial charge >= 0.3 is 0 Å². The molecule has 0 bridgehead atoms. The molecule has 0 heterocycles. The van der Waals surface area contributed by atoms with Crippen LogP contribution in [0.5, 0.6) is 5.75 Å². The first-order chi connectivity index (χ1) is 9.35. The molecule has 0 saturated heterocycles. The number of methoxy groups -OCH3 is 1. The first kappa shape index (κ1) is 12.0. The van der Waals surface area contributed by atoms with Gasteiger partial charge in [-0.05, 0) is 54.2 Å². The molecule has 0 unspecified atom stereocenters. The van der Waals surface area contributed by atoms with Gasteiger partial charge in [-0.15, -0.1) is 0 Å². The Labute approximate surface area is 114 Å². The summed E-state index contributed by atoms with van der Waals surface area (Å²) in [5.74, 6) is 0.913. The molecular formula is C18H17O. The Bertz CT molecular complexity index is 593. The van der Waals surface area contributed by atoms with Crippen molar-refractivity contribution in [3.8, 4) is 5.75 Å². The fraction of sp³-hybridized carbons (Fsp3) is 0.222. The summed E-state index contributed by atoms with van der Waals surface area (Å²) in [4.78, 5) is 0. The Morgan fingerprint density at radius 2 is 1.79 bits per heavy atom. The fourth-order valence-electron chi connectivity index (χ4n) is 2.52. The van der Waals surface area contributed by atoms with Gasteiger partial charge in [0, 0.05) is 0 Å². The third-order valence-electron chi connectivity index (χ3n) is 3.60. The lowest BCUT2D eigenvalue weighted by Crippen LogP contribution is -2.02. The van der Waals surface area contributed by atoms with E-state index in [0.717, 1.165) is 25.0 Å². The standard InChI is InChI=1S/C18H17O/c1-19-18-10-7-14(8-11-18)12-15-6-9-16-4-2-3-5-17(16)13-15/h2-5,7-8,10-11H,6,9,12H2,1H3. The van der Waals surface area contributed by atoms with Crippen molar-refractivity contribution >= 4 is 0 Å². The molecule has 1 heteroatoms. The first-order valence-electron chi connectivity index (χ1n) is 6.68. The quantitative estimate of drug-likeness (QED) is 0.800. The Kier molecular flexibility index (Phi) is 3.37. The van der Waals surface area contributed by atoms with Crippen LogP contribution in [0.25, 0.3) is 0 Å². The molecule has 0 saturated carbocycles. The largest absolute Gasteiger partial charge is 0.497 e. The highest BCUT2D eigenvalue weighted by atomic mass is 16.5. The smallest absolute Gasteiger partial charge is 0.118 e. The second-order valence-electron chi connectivity index (χ2n) is 4.91. The molecule has 1 nitrogen and oxygen atoms in total. The molecule has 0 fully saturated rings. The highest BCUT2D eigenvalue weighted by Crippen LogP contribution is 2.24.